The van der Waals surface area contributed by atoms with Crippen LogP contribution in [0.15, 0.2) is 169 Å². The number of rotatable bonds is 6. The molecule has 1 aliphatic heterocycles. The third-order valence-corrected chi connectivity index (χ3v) is 11.5. The third kappa shape index (κ3) is 4.90. The van der Waals surface area contributed by atoms with E-state index in [1.54, 1.807) is 0 Å². The van der Waals surface area contributed by atoms with E-state index in [9.17, 15) is 0 Å². The van der Waals surface area contributed by atoms with E-state index in [4.69, 9.17) is 4.99 Å². The number of aliphatic imine (C=N–C) groups is 1. The van der Waals surface area contributed by atoms with Crippen LogP contribution in [0.1, 0.15) is 11.9 Å². The highest BCUT2D eigenvalue weighted by atomic mass is 28.3. The summed E-state index contributed by atoms with van der Waals surface area (Å²) in [4.78, 5) is 7.40. The van der Waals surface area contributed by atoms with Crippen LogP contribution in [0.25, 0.3) is 38.6 Å². The summed E-state index contributed by atoms with van der Waals surface area (Å²) in [6.07, 6.45) is 3.90. The summed E-state index contributed by atoms with van der Waals surface area (Å²) in [6.45, 7) is 0. The lowest BCUT2D eigenvalue weighted by atomic mass is 10.0. The lowest BCUT2D eigenvalue weighted by Gasteiger charge is -2.33. The molecule has 0 saturated carbocycles. The first-order valence-corrected chi connectivity index (χ1v) is 16.9. The molecule has 0 N–H and O–H groups in total. The molecule has 215 valence electrons. The van der Waals surface area contributed by atoms with Crippen molar-refractivity contribution in [3.8, 4) is 11.1 Å². The number of aromatic nitrogens is 1. The quantitative estimate of drug-likeness (QED) is 0.144. The Hall–Kier alpha value is -5.45. The second kappa shape index (κ2) is 11.6. The van der Waals surface area contributed by atoms with Gasteiger partial charge in [0.15, 0.2) is 8.80 Å². The van der Waals surface area contributed by atoms with Crippen LogP contribution in [-0.2, 0) is 0 Å². The van der Waals surface area contributed by atoms with Crippen LogP contribution in [0.5, 0.6) is 0 Å². The summed E-state index contributed by atoms with van der Waals surface area (Å²) >= 11 is 0. The van der Waals surface area contributed by atoms with Crippen molar-refractivity contribution in [3.63, 3.8) is 0 Å². The normalized spacial score (nSPS) is 14.8. The number of allylic oxidation sites excluding steroid dienone is 1. The van der Waals surface area contributed by atoms with Crippen LogP contribution < -0.4 is 15.6 Å². The zero-order chi connectivity index (χ0) is 30.2. The maximum Gasteiger partial charge on any atom is 0.203 e. The molecule has 1 radical (unpaired) electrons. The summed E-state index contributed by atoms with van der Waals surface area (Å²) in [6, 6.07) is 57.2. The van der Waals surface area contributed by atoms with Crippen LogP contribution >= 0.6 is 0 Å². The Morgan fingerprint density at radius 1 is 0.511 bits per heavy atom. The van der Waals surface area contributed by atoms with Gasteiger partial charge < -0.3 is 9.47 Å². The number of benzene rings is 6. The minimum Gasteiger partial charge on any atom is -0.335 e. The van der Waals surface area contributed by atoms with E-state index in [1.165, 1.54) is 54.1 Å². The molecule has 45 heavy (non-hydrogen) atoms. The van der Waals surface area contributed by atoms with Crippen molar-refractivity contribution >= 4 is 58.1 Å². The monoisotopic (exact) mass is 594 g/mol. The Kier molecular flexibility index (Phi) is 6.97. The highest BCUT2D eigenvalue weighted by Crippen LogP contribution is 2.38. The van der Waals surface area contributed by atoms with E-state index in [0.29, 0.717) is 0 Å². The first kappa shape index (κ1) is 27.1. The van der Waals surface area contributed by atoms with Crippen molar-refractivity contribution < 1.29 is 0 Å². The molecule has 0 spiro atoms. The van der Waals surface area contributed by atoms with Gasteiger partial charge in [-0.15, -0.1) is 0 Å². The van der Waals surface area contributed by atoms with Crippen LogP contribution in [0.2, 0.25) is 0 Å². The molecule has 4 heteroatoms. The highest BCUT2D eigenvalue weighted by Gasteiger charge is 2.26. The Bertz CT molecular complexity index is 2140. The summed E-state index contributed by atoms with van der Waals surface area (Å²) in [5.74, 6) is 0. The first-order chi connectivity index (χ1) is 22.3. The van der Waals surface area contributed by atoms with Crippen LogP contribution in [0.4, 0.5) is 0 Å². The van der Waals surface area contributed by atoms with Crippen molar-refractivity contribution in [1.82, 2.24) is 9.47 Å². The Balaban J connectivity index is 1.22. The summed E-state index contributed by atoms with van der Waals surface area (Å²) in [5, 5.41) is 6.62. The maximum atomic E-state index is 5.08. The zero-order valence-corrected chi connectivity index (χ0v) is 26.1. The molecule has 0 fully saturated rings. The van der Waals surface area contributed by atoms with Gasteiger partial charge in [-0.1, -0.05) is 156 Å². The zero-order valence-electron chi connectivity index (χ0n) is 25.1. The standard InChI is InChI=1S/C41H32N3Si/c1-43-38(32-16-13-21-35(28-32)45(33-17-7-3-8-18-33)34-19-9-4-10-20-34)26-27-42-41(43)44-39-23-12-11-22-36(39)37-25-24-31(29-40(37)44)30-14-5-2-6-15-30/h2-29,41H,1H3. The van der Waals surface area contributed by atoms with Gasteiger partial charge in [-0.2, -0.15) is 0 Å². The van der Waals surface area contributed by atoms with Gasteiger partial charge in [-0.25, -0.2) is 4.99 Å². The van der Waals surface area contributed by atoms with Gasteiger partial charge >= 0.3 is 0 Å². The lowest BCUT2D eigenvalue weighted by molar-refractivity contribution is 0.283. The lowest BCUT2D eigenvalue weighted by Crippen LogP contribution is -2.52. The fourth-order valence-corrected chi connectivity index (χ4v) is 9.29. The molecule has 8 rings (SSSR count). The maximum absolute atomic E-state index is 5.08. The van der Waals surface area contributed by atoms with Crippen LogP contribution in [0.3, 0.4) is 0 Å². The third-order valence-electron chi connectivity index (χ3n) is 8.80. The molecule has 1 aromatic heterocycles. The predicted octanol–water partition coefficient (Wildman–Crippen LogP) is 7.49. The smallest absolute Gasteiger partial charge is 0.203 e. The van der Waals surface area contributed by atoms with Gasteiger partial charge in [0.2, 0.25) is 6.29 Å². The molecule has 0 amide bonds. The fourth-order valence-electron chi connectivity index (χ4n) is 6.67. The second-order valence-corrected chi connectivity index (χ2v) is 14.0. The van der Waals surface area contributed by atoms with E-state index < -0.39 is 8.80 Å². The minimum absolute atomic E-state index is 0.227. The summed E-state index contributed by atoms with van der Waals surface area (Å²) in [5.41, 5.74) is 7.13. The summed E-state index contributed by atoms with van der Waals surface area (Å²) in [7, 11) is 0.985. The van der Waals surface area contributed by atoms with Gasteiger partial charge in [-0.3, -0.25) is 0 Å². The largest absolute Gasteiger partial charge is 0.335 e. The van der Waals surface area contributed by atoms with Gasteiger partial charge in [0, 0.05) is 29.7 Å². The first-order valence-electron chi connectivity index (χ1n) is 15.4. The Labute approximate surface area is 265 Å². The van der Waals surface area contributed by atoms with Gasteiger partial charge in [0.05, 0.1) is 11.0 Å². The van der Waals surface area contributed by atoms with Gasteiger partial charge in [0.1, 0.15) is 0 Å². The molecule has 0 bridgehead atoms. The Morgan fingerprint density at radius 2 is 1.11 bits per heavy atom. The average Bonchev–Trinajstić information content (AvgIpc) is 3.43. The summed E-state index contributed by atoms with van der Waals surface area (Å²) < 4.78 is 2.40. The van der Waals surface area contributed by atoms with Gasteiger partial charge in [-0.05, 0) is 40.1 Å². The van der Waals surface area contributed by atoms with E-state index >= 15 is 0 Å². The Morgan fingerprint density at radius 3 is 1.84 bits per heavy atom. The van der Waals surface area contributed by atoms with Crippen molar-refractivity contribution in [2.75, 3.05) is 7.05 Å². The van der Waals surface area contributed by atoms with Crippen molar-refractivity contribution in [2.24, 2.45) is 4.99 Å². The number of hydrogen-bond acceptors (Lipinski definition) is 2. The molecule has 0 saturated heterocycles. The minimum atomic E-state index is -1.18. The van der Waals surface area contributed by atoms with E-state index in [1.807, 2.05) is 6.21 Å². The molecule has 2 heterocycles. The van der Waals surface area contributed by atoms with E-state index in [0.717, 1.165) is 5.70 Å². The molecular formula is C41H32N3Si. The SMILES string of the molecule is CN1C(c2cccc([Si](c3ccccc3)c3ccccc3)c2)=CC=NC1n1c2ccccc2c2ccc(-c3ccccc3)cc21. The second-order valence-electron chi connectivity index (χ2n) is 11.5. The number of fused-ring (bicyclic) bond motifs is 3. The molecule has 6 aromatic carbocycles. The molecule has 7 aromatic rings. The average molecular weight is 595 g/mol. The van der Waals surface area contributed by atoms with Gasteiger partial charge in [0.25, 0.3) is 0 Å². The molecule has 1 atom stereocenters. The fraction of sp³-hybridized carbons (Fsp3) is 0.0488. The molecule has 1 aliphatic rings. The molecule has 1 unspecified atom stereocenters. The van der Waals surface area contributed by atoms with Crippen LogP contribution in [0, 0.1) is 0 Å². The van der Waals surface area contributed by atoms with E-state index in [-0.39, 0.29) is 6.29 Å². The number of nitrogens with zero attached hydrogens (tertiary/aromatic N) is 3. The van der Waals surface area contributed by atoms with Crippen molar-refractivity contribution in [1.29, 1.82) is 0 Å². The van der Waals surface area contributed by atoms with Crippen molar-refractivity contribution in [2.45, 2.75) is 6.29 Å². The van der Waals surface area contributed by atoms with Crippen molar-refractivity contribution in [3.05, 3.63) is 169 Å². The number of para-hydroxylation sites is 1. The molecular weight excluding hydrogens is 563 g/mol. The number of hydrogen-bond donors (Lipinski definition) is 0. The van der Waals surface area contributed by atoms with Crippen LogP contribution in [-0.4, -0.2) is 31.5 Å². The topological polar surface area (TPSA) is 20.5 Å². The molecule has 3 nitrogen and oxygen atoms in total. The molecule has 0 aliphatic carbocycles. The highest BCUT2D eigenvalue weighted by molar-refractivity contribution is 6.95. The van der Waals surface area contributed by atoms with E-state index in [2.05, 4.69) is 180 Å². The predicted molar refractivity (Wildman–Crippen MR) is 192 cm³/mol.